The molecule has 4 nitrogen and oxygen atoms in total. The van der Waals surface area contributed by atoms with Crippen molar-refractivity contribution in [3.05, 3.63) is 65.7 Å². The van der Waals surface area contributed by atoms with E-state index in [4.69, 9.17) is 5.11 Å². The summed E-state index contributed by atoms with van der Waals surface area (Å²) >= 11 is 0. The molecule has 0 bridgehead atoms. The van der Waals surface area contributed by atoms with Crippen LogP contribution in [0.1, 0.15) is 22.8 Å². The van der Waals surface area contributed by atoms with E-state index in [9.17, 15) is 9.59 Å². The number of aliphatic hydroxyl groups excluding tert-OH is 1. The van der Waals surface area contributed by atoms with Gasteiger partial charge in [-0.2, -0.15) is 0 Å². The van der Waals surface area contributed by atoms with Crippen molar-refractivity contribution in [1.82, 2.24) is 0 Å². The van der Waals surface area contributed by atoms with Gasteiger partial charge in [-0.15, -0.1) is 0 Å². The van der Waals surface area contributed by atoms with Crippen molar-refractivity contribution >= 4 is 17.4 Å². The van der Waals surface area contributed by atoms with Gasteiger partial charge in [0.15, 0.2) is 5.78 Å². The number of hydrogen-bond donors (Lipinski definition) is 2. The monoisotopic (exact) mass is 269 g/mol. The van der Waals surface area contributed by atoms with Gasteiger partial charge >= 0.3 is 0 Å². The fraction of sp³-hybridized carbons (Fsp3) is 0.125. The number of carbonyl (C=O) groups is 2. The molecule has 2 rings (SSSR count). The van der Waals surface area contributed by atoms with Crippen molar-refractivity contribution in [2.45, 2.75) is 13.0 Å². The molecular weight excluding hydrogens is 254 g/mol. The normalized spacial score (nSPS) is 11.7. The number of anilines is 1. The Morgan fingerprint density at radius 3 is 2.05 bits per heavy atom. The molecule has 0 aliphatic carbocycles. The number of aliphatic hydroxyl groups is 1. The van der Waals surface area contributed by atoms with E-state index in [2.05, 4.69) is 5.32 Å². The molecule has 2 N–H and O–H groups in total. The Kier molecular flexibility index (Phi) is 4.27. The highest BCUT2D eigenvalue weighted by molar-refractivity contribution is 6.09. The molecule has 0 saturated heterocycles. The smallest absolute Gasteiger partial charge is 0.252 e. The minimum Gasteiger partial charge on any atom is -0.384 e. The third kappa shape index (κ3) is 3.30. The lowest BCUT2D eigenvalue weighted by atomic mass is 10.0. The first kappa shape index (κ1) is 14.0. The number of nitrogens with one attached hydrogen (secondary N) is 1. The number of rotatable bonds is 4. The Morgan fingerprint density at radius 2 is 1.50 bits per heavy atom. The van der Waals surface area contributed by atoms with Gasteiger partial charge in [0, 0.05) is 16.8 Å². The van der Waals surface area contributed by atoms with Gasteiger partial charge in [-0.25, -0.2) is 0 Å². The molecule has 0 aliphatic heterocycles. The van der Waals surface area contributed by atoms with E-state index < -0.39 is 12.0 Å². The van der Waals surface area contributed by atoms with Crippen molar-refractivity contribution in [2.75, 3.05) is 5.32 Å². The van der Waals surface area contributed by atoms with Crippen LogP contribution in [-0.4, -0.2) is 22.9 Å². The van der Waals surface area contributed by atoms with Crippen molar-refractivity contribution in [3.63, 3.8) is 0 Å². The molecule has 0 radical (unpaired) electrons. The molecule has 0 unspecified atom stereocenters. The Balaban J connectivity index is 2.12. The fourth-order valence-electron chi connectivity index (χ4n) is 1.71. The van der Waals surface area contributed by atoms with Crippen LogP contribution in [0.3, 0.4) is 0 Å². The van der Waals surface area contributed by atoms with Crippen LogP contribution in [0.5, 0.6) is 0 Å². The van der Waals surface area contributed by atoms with Crippen molar-refractivity contribution < 1.29 is 14.7 Å². The van der Waals surface area contributed by atoms with Gasteiger partial charge in [-0.1, -0.05) is 30.3 Å². The van der Waals surface area contributed by atoms with E-state index in [1.807, 2.05) is 18.2 Å². The highest BCUT2D eigenvalue weighted by Crippen LogP contribution is 2.14. The summed E-state index contributed by atoms with van der Waals surface area (Å²) in [4.78, 5) is 23.5. The van der Waals surface area contributed by atoms with E-state index >= 15 is 0 Å². The summed E-state index contributed by atoms with van der Waals surface area (Å²) in [6.45, 7) is 1.39. The molecule has 20 heavy (non-hydrogen) atoms. The van der Waals surface area contributed by atoms with Crippen LogP contribution in [0, 0.1) is 0 Å². The zero-order valence-electron chi connectivity index (χ0n) is 11.0. The Bertz CT molecular complexity index is 603. The molecule has 2 aromatic rings. The lowest BCUT2D eigenvalue weighted by Crippen LogP contribution is -2.24. The number of hydrogen-bond acceptors (Lipinski definition) is 3. The van der Waals surface area contributed by atoms with E-state index in [-0.39, 0.29) is 5.78 Å². The van der Waals surface area contributed by atoms with E-state index in [0.717, 1.165) is 0 Å². The van der Waals surface area contributed by atoms with Crippen LogP contribution in [0.25, 0.3) is 0 Å². The first-order chi connectivity index (χ1) is 9.58. The standard InChI is InChI=1S/C16H15NO3/c1-11(18)16(20)17-14-9-7-13(8-10-14)15(19)12-5-3-2-4-6-12/h2-11,18H,1H3,(H,17,20)/t11-/m1/s1. The molecule has 2 aromatic carbocycles. The summed E-state index contributed by atoms with van der Waals surface area (Å²) in [5, 5.41) is 11.7. The molecule has 102 valence electrons. The number of ketones is 1. The Morgan fingerprint density at radius 1 is 0.950 bits per heavy atom. The third-order valence-electron chi connectivity index (χ3n) is 2.83. The Labute approximate surface area is 117 Å². The lowest BCUT2D eigenvalue weighted by molar-refractivity contribution is -0.123. The van der Waals surface area contributed by atoms with Crippen LogP contribution in [0.2, 0.25) is 0 Å². The lowest BCUT2D eigenvalue weighted by Gasteiger charge is -2.07. The van der Waals surface area contributed by atoms with Crippen LogP contribution in [0.4, 0.5) is 5.69 Å². The maximum Gasteiger partial charge on any atom is 0.252 e. The van der Waals surface area contributed by atoms with Gasteiger partial charge in [0.1, 0.15) is 6.10 Å². The van der Waals surface area contributed by atoms with E-state index in [1.165, 1.54) is 6.92 Å². The molecule has 0 aliphatic rings. The molecule has 1 atom stereocenters. The highest BCUT2D eigenvalue weighted by Gasteiger charge is 2.10. The summed E-state index contributed by atoms with van der Waals surface area (Å²) in [5.41, 5.74) is 1.71. The minimum atomic E-state index is -1.07. The maximum atomic E-state index is 12.2. The van der Waals surface area contributed by atoms with Gasteiger partial charge in [0.2, 0.25) is 0 Å². The van der Waals surface area contributed by atoms with Crippen LogP contribution in [0.15, 0.2) is 54.6 Å². The largest absolute Gasteiger partial charge is 0.384 e. The number of benzene rings is 2. The molecule has 0 saturated carbocycles. The number of carbonyl (C=O) groups excluding carboxylic acids is 2. The topological polar surface area (TPSA) is 66.4 Å². The van der Waals surface area contributed by atoms with Crippen LogP contribution in [-0.2, 0) is 4.79 Å². The molecule has 1 amide bonds. The maximum absolute atomic E-state index is 12.2. The summed E-state index contributed by atoms with van der Waals surface area (Å²) < 4.78 is 0. The Hall–Kier alpha value is -2.46. The molecule has 0 spiro atoms. The van der Waals surface area contributed by atoms with Gasteiger partial charge in [0.05, 0.1) is 0 Å². The second-order valence-corrected chi connectivity index (χ2v) is 4.44. The van der Waals surface area contributed by atoms with E-state index in [1.54, 1.807) is 36.4 Å². The van der Waals surface area contributed by atoms with Crippen LogP contribution >= 0.6 is 0 Å². The summed E-state index contributed by atoms with van der Waals surface area (Å²) in [5.74, 6) is -0.550. The average molecular weight is 269 g/mol. The second-order valence-electron chi connectivity index (χ2n) is 4.44. The predicted octanol–water partition coefficient (Wildman–Crippen LogP) is 2.24. The number of amides is 1. The molecule has 0 fully saturated rings. The summed E-state index contributed by atoms with van der Waals surface area (Å²) in [6, 6.07) is 15.5. The summed E-state index contributed by atoms with van der Waals surface area (Å²) in [6.07, 6.45) is -1.07. The zero-order chi connectivity index (χ0) is 14.5. The van der Waals surface area contributed by atoms with E-state index in [0.29, 0.717) is 16.8 Å². The first-order valence-corrected chi connectivity index (χ1v) is 6.26. The third-order valence-corrected chi connectivity index (χ3v) is 2.83. The second kappa shape index (κ2) is 6.12. The molecule has 0 heterocycles. The van der Waals surface area contributed by atoms with Gasteiger partial charge in [-0.05, 0) is 31.2 Å². The first-order valence-electron chi connectivity index (χ1n) is 6.26. The van der Waals surface area contributed by atoms with Gasteiger partial charge < -0.3 is 10.4 Å². The van der Waals surface area contributed by atoms with Crippen molar-refractivity contribution in [2.24, 2.45) is 0 Å². The fourth-order valence-corrected chi connectivity index (χ4v) is 1.71. The van der Waals surface area contributed by atoms with Gasteiger partial charge in [0.25, 0.3) is 5.91 Å². The average Bonchev–Trinajstić information content (AvgIpc) is 2.48. The summed E-state index contributed by atoms with van der Waals surface area (Å²) in [7, 11) is 0. The molecule has 0 aromatic heterocycles. The predicted molar refractivity (Wildman–Crippen MR) is 76.6 cm³/mol. The highest BCUT2D eigenvalue weighted by atomic mass is 16.3. The quantitative estimate of drug-likeness (QED) is 0.836. The zero-order valence-corrected chi connectivity index (χ0v) is 11.0. The van der Waals surface area contributed by atoms with Crippen molar-refractivity contribution in [3.8, 4) is 0 Å². The van der Waals surface area contributed by atoms with Gasteiger partial charge in [-0.3, -0.25) is 9.59 Å². The van der Waals surface area contributed by atoms with Crippen LogP contribution < -0.4 is 5.32 Å². The minimum absolute atomic E-state index is 0.0704. The SMILES string of the molecule is C[C@@H](O)C(=O)Nc1ccc(C(=O)c2ccccc2)cc1. The molecule has 4 heteroatoms. The molecular formula is C16H15NO3. The van der Waals surface area contributed by atoms with Crippen molar-refractivity contribution in [1.29, 1.82) is 0 Å².